The Kier molecular flexibility index (Phi) is 6.95. The molecule has 15 heteroatoms. The summed E-state index contributed by atoms with van der Waals surface area (Å²) in [5.74, 6) is -5.23. The molecule has 1 heterocycles. The van der Waals surface area contributed by atoms with Crippen molar-refractivity contribution in [1.29, 1.82) is 0 Å². The third kappa shape index (κ3) is 5.59. The van der Waals surface area contributed by atoms with E-state index in [2.05, 4.69) is 15.3 Å². The third-order valence-electron chi connectivity index (χ3n) is 4.20. The fraction of sp³-hybridized carbons (Fsp3) is 0.294. The summed E-state index contributed by atoms with van der Waals surface area (Å²) in [4.78, 5) is 29.9. The normalized spacial score (nSPS) is 13.8. The van der Waals surface area contributed by atoms with Gasteiger partial charge in [-0.1, -0.05) is 0 Å². The van der Waals surface area contributed by atoms with Crippen molar-refractivity contribution in [3.63, 3.8) is 0 Å². The highest BCUT2D eigenvalue weighted by Gasteiger charge is 2.39. The minimum absolute atomic E-state index is 0.422. The van der Waals surface area contributed by atoms with Crippen LogP contribution in [0.15, 0.2) is 29.3 Å². The van der Waals surface area contributed by atoms with Gasteiger partial charge in [-0.2, -0.15) is 13.2 Å². The smallest absolute Gasteiger partial charge is 0.379 e. The van der Waals surface area contributed by atoms with Gasteiger partial charge in [0.05, 0.1) is 22.4 Å². The molecule has 0 aliphatic heterocycles. The van der Waals surface area contributed by atoms with Gasteiger partial charge in [0.2, 0.25) is 0 Å². The molecule has 0 aliphatic carbocycles. The summed E-state index contributed by atoms with van der Waals surface area (Å²) in [5.41, 5.74) is -4.88. The Morgan fingerprint density at radius 2 is 1.88 bits per heavy atom. The molecule has 0 saturated heterocycles. The average Bonchev–Trinajstić information content (AvgIpc) is 2.67. The van der Waals surface area contributed by atoms with E-state index in [1.54, 1.807) is 0 Å². The fourth-order valence-corrected chi connectivity index (χ4v) is 4.15. The van der Waals surface area contributed by atoms with Crippen LogP contribution in [-0.2, 0) is 20.8 Å². The van der Waals surface area contributed by atoms with Crippen LogP contribution >= 0.6 is 0 Å². The Morgan fingerprint density at radius 3 is 2.41 bits per heavy atom. The van der Waals surface area contributed by atoms with Crippen LogP contribution in [0.3, 0.4) is 0 Å². The molecule has 0 unspecified atom stereocenters. The maximum absolute atomic E-state index is 14.1. The summed E-state index contributed by atoms with van der Waals surface area (Å²) in [6.07, 6.45) is -4.05. The lowest BCUT2D eigenvalue weighted by Crippen LogP contribution is -2.46. The quantitative estimate of drug-likeness (QED) is 0.375. The summed E-state index contributed by atoms with van der Waals surface area (Å²) in [7, 11) is -2.16. The number of anilines is 1. The molecule has 0 spiro atoms. The van der Waals surface area contributed by atoms with Gasteiger partial charge in [-0.3, -0.25) is 14.6 Å². The number of amides is 2. The molecule has 1 aromatic carbocycles. The van der Waals surface area contributed by atoms with Crippen molar-refractivity contribution < 1.29 is 40.7 Å². The van der Waals surface area contributed by atoms with Gasteiger partial charge < -0.3 is 15.7 Å². The predicted octanol–water partition coefficient (Wildman–Crippen LogP) is -0.584. The number of nitrogens with zero attached hydrogens (tertiary/aromatic N) is 2. The van der Waals surface area contributed by atoms with Crippen molar-refractivity contribution in [1.82, 2.24) is 15.3 Å². The van der Waals surface area contributed by atoms with Gasteiger partial charge in [0.15, 0.2) is 34.8 Å². The average molecular weight is 476 g/mol. The van der Waals surface area contributed by atoms with E-state index >= 15 is 0 Å². The highest BCUT2D eigenvalue weighted by molar-refractivity contribution is 7.91. The number of hydrogen-bond donors (Lipinski definition) is 3. The Hall–Kier alpha value is -3.07. The summed E-state index contributed by atoms with van der Waals surface area (Å²) in [6.45, 7) is 0.807. The van der Waals surface area contributed by atoms with Crippen molar-refractivity contribution in [2.24, 2.45) is 0 Å². The highest BCUT2D eigenvalue weighted by atomic mass is 32.2. The molecule has 0 aliphatic rings. The largest absolute Gasteiger partial charge is 0.434 e. The van der Waals surface area contributed by atoms with Gasteiger partial charge in [0.1, 0.15) is 5.82 Å². The minimum atomic E-state index is -4.85. The molecular weight excluding hydrogens is 459 g/mol. The number of benzene rings is 1. The van der Waals surface area contributed by atoms with Crippen LogP contribution in [0.25, 0.3) is 0 Å². The third-order valence-corrected chi connectivity index (χ3v) is 6.11. The SMILES string of the molecule is Bc1ncc(NC(=O)[C@@](C)(O)CS(=O)(=O)c2ccc(C(=O)NC)c(F)c2)nc1C(F)(F)F. The molecule has 3 N–H and O–H groups in total. The maximum atomic E-state index is 14.1. The lowest BCUT2D eigenvalue weighted by atomic mass is 10.0. The van der Waals surface area contributed by atoms with E-state index in [1.165, 1.54) is 7.05 Å². The van der Waals surface area contributed by atoms with E-state index in [-0.39, 0.29) is 0 Å². The Labute approximate surface area is 180 Å². The molecule has 0 radical (unpaired) electrons. The zero-order chi connectivity index (χ0) is 24.5. The first kappa shape index (κ1) is 25.2. The molecule has 0 bridgehead atoms. The Bertz CT molecular complexity index is 1170. The van der Waals surface area contributed by atoms with Gasteiger partial charge in [-0.15, -0.1) is 0 Å². The zero-order valence-electron chi connectivity index (χ0n) is 16.9. The molecule has 0 saturated carbocycles. The first-order valence-corrected chi connectivity index (χ1v) is 10.4. The predicted molar refractivity (Wildman–Crippen MR) is 106 cm³/mol. The molecule has 1 aromatic heterocycles. The molecule has 0 fully saturated rings. The van der Waals surface area contributed by atoms with Crippen LogP contribution in [0.4, 0.5) is 23.4 Å². The standard InChI is InChI=1S/C17H17BF4N4O5S/c1-16(29,15(28)26-11-6-24-13(18)12(25-11)17(20,21)22)7-32(30,31)8-3-4-9(10(19)5-8)14(27)23-2/h3-6,29H,7,18H2,1-2H3,(H,23,27)(H,25,26,28)/t16-/m0/s1. The lowest BCUT2D eigenvalue weighted by Gasteiger charge is -2.22. The van der Waals surface area contributed by atoms with Crippen molar-refractivity contribution in [3.05, 3.63) is 41.5 Å². The second-order valence-corrected chi connectivity index (χ2v) is 8.88. The highest BCUT2D eigenvalue weighted by Crippen LogP contribution is 2.26. The molecular formula is C17H17BF4N4O5S. The van der Waals surface area contributed by atoms with Gasteiger partial charge in [0.25, 0.3) is 11.8 Å². The number of hydrogen-bond acceptors (Lipinski definition) is 7. The minimum Gasteiger partial charge on any atom is -0.379 e. The molecule has 1 atom stereocenters. The summed E-state index contributed by atoms with van der Waals surface area (Å²) < 4.78 is 78.0. The van der Waals surface area contributed by atoms with Crippen LogP contribution < -0.4 is 16.2 Å². The molecule has 32 heavy (non-hydrogen) atoms. The monoisotopic (exact) mass is 476 g/mol. The number of halogens is 4. The first-order valence-electron chi connectivity index (χ1n) is 8.77. The number of alkyl halides is 3. The van der Waals surface area contributed by atoms with Crippen LogP contribution in [0.2, 0.25) is 0 Å². The van der Waals surface area contributed by atoms with Crippen molar-refractivity contribution >= 4 is 40.9 Å². The van der Waals surface area contributed by atoms with E-state index < -0.39 is 72.6 Å². The van der Waals surface area contributed by atoms with E-state index in [0.29, 0.717) is 6.07 Å². The lowest BCUT2D eigenvalue weighted by molar-refractivity contribution is -0.140. The van der Waals surface area contributed by atoms with Crippen molar-refractivity contribution in [2.75, 3.05) is 18.1 Å². The maximum Gasteiger partial charge on any atom is 0.434 e. The second-order valence-electron chi connectivity index (χ2n) is 6.89. The number of nitrogens with one attached hydrogen (secondary N) is 2. The van der Waals surface area contributed by atoms with Crippen molar-refractivity contribution in [2.45, 2.75) is 23.6 Å². The molecule has 2 amide bonds. The van der Waals surface area contributed by atoms with E-state index in [1.807, 2.05) is 5.32 Å². The van der Waals surface area contributed by atoms with Gasteiger partial charge >= 0.3 is 6.18 Å². The molecule has 172 valence electrons. The number of carbonyl (C=O) groups excluding carboxylic acids is 2. The van der Waals surface area contributed by atoms with Crippen LogP contribution in [0, 0.1) is 5.82 Å². The molecule has 2 rings (SSSR count). The van der Waals surface area contributed by atoms with Gasteiger partial charge in [-0.05, 0) is 25.1 Å². The zero-order valence-corrected chi connectivity index (χ0v) is 17.7. The number of aromatic nitrogens is 2. The fourth-order valence-electron chi connectivity index (χ4n) is 2.56. The van der Waals surface area contributed by atoms with Crippen molar-refractivity contribution in [3.8, 4) is 0 Å². The Morgan fingerprint density at radius 1 is 1.25 bits per heavy atom. The van der Waals surface area contributed by atoms with E-state index in [9.17, 15) is 40.7 Å². The second kappa shape index (κ2) is 8.82. The van der Waals surface area contributed by atoms with Gasteiger partial charge in [0, 0.05) is 12.6 Å². The Balaban J connectivity index is 2.26. The van der Waals surface area contributed by atoms with Crippen LogP contribution in [0.1, 0.15) is 23.0 Å². The number of aliphatic hydroxyl groups is 1. The summed E-state index contributed by atoms with van der Waals surface area (Å²) in [6, 6.07) is 2.38. The summed E-state index contributed by atoms with van der Waals surface area (Å²) >= 11 is 0. The summed E-state index contributed by atoms with van der Waals surface area (Å²) in [5, 5.41) is 14.4. The number of rotatable bonds is 6. The first-order chi connectivity index (χ1) is 14.6. The topological polar surface area (TPSA) is 138 Å². The number of carbonyl (C=O) groups is 2. The van der Waals surface area contributed by atoms with Crippen LogP contribution in [0.5, 0.6) is 0 Å². The molecule has 9 nitrogen and oxygen atoms in total. The van der Waals surface area contributed by atoms with Crippen LogP contribution in [-0.4, -0.2) is 61.6 Å². The molecule has 2 aromatic rings. The van der Waals surface area contributed by atoms with E-state index in [4.69, 9.17) is 0 Å². The van der Waals surface area contributed by atoms with E-state index in [0.717, 1.165) is 33.1 Å². The van der Waals surface area contributed by atoms with Gasteiger partial charge in [-0.25, -0.2) is 17.8 Å². The number of sulfone groups is 1.